The van der Waals surface area contributed by atoms with Gasteiger partial charge in [-0.3, -0.25) is 4.98 Å². The van der Waals surface area contributed by atoms with Crippen molar-refractivity contribution in [2.45, 2.75) is 25.7 Å². The largest absolute Gasteiger partial charge is 0.464 e. The van der Waals surface area contributed by atoms with Crippen LogP contribution in [0.15, 0.2) is 23.0 Å². The van der Waals surface area contributed by atoms with Crippen LogP contribution in [0, 0.1) is 12.8 Å². The lowest BCUT2D eigenvalue weighted by atomic mass is 10.1. The van der Waals surface area contributed by atoms with Gasteiger partial charge in [-0.25, -0.2) is 19.4 Å². The van der Waals surface area contributed by atoms with Gasteiger partial charge in [0.05, 0.1) is 19.0 Å². The molecule has 1 fully saturated rings. The Morgan fingerprint density at radius 3 is 3.04 bits per heavy atom. The van der Waals surface area contributed by atoms with Gasteiger partial charge in [0, 0.05) is 23.9 Å². The second kappa shape index (κ2) is 4.98. The Hall–Kier alpha value is -3.03. The van der Waals surface area contributed by atoms with Crippen LogP contribution in [0.25, 0.3) is 17.4 Å². The van der Waals surface area contributed by atoms with Crippen molar-refractivity contribution >= 4 is 5.97 Å². The number of nitrogens with zero attached hydrogens (tertiary/aromatic N) is 5. The van der Waals surface area contributed by atoms with Crippen LogP contribution in [0.2, 0.25) is 0 Å². The van der Waals surface area contributed by atoms with Crippen LogP contribution < -0.4 is 0 Å². The molecule has 0 unspecified atom stereocenters. The van der Waals surface area contributed by atoms with Crippen molar-refractivity contribution in [3.05, 3.63) is 41.3 Å². The molecule has 5 rings (SSSR count). The molecule has 3 aromatic rings. The maximum atomic E-state index is 11.8. The van der Waals surface area contributed by atoms with Crippen molar-refractivity contribution in [3.8, 4) is 17.4 Å². The lowest BCUT2D eigenvalue weighted by molar-refractivity contribution is 0.0593. The van der Waals surface area contributed by atoms with Crippen molar-refractivity contribution < 1.29 is 13.9 Å². The topological polar surface area (TPSA) is 95.9 Å². The molecule has 3 aromatic heterocycles. The number of methoxy groups -OCH3 is 1. The van der Waals surface area contributed by atoms with E-state index in [-0.39, 0.29) is 5.69 Å². The molecule has 0 aliphatic heterocycles. The minimum atomic E-state index is -0.514. The maximum Gasteiger partial charge on any atom is 0.360 e. The summed E-state index contributed by atoms with van der Waals surface area (Å²) in [5.74, 6) is 2.10. The number of carbonyl (C=O) groups excluding carboxylic acids is 1. The molecule has 0 bridgehead atoms. The predicted molar refractivity (Wildman–Crippen MR) is 85.3 cm³/mol. The minimum absolute atomic E-state index is 0.184. The average Bonchev–Trinajstić information content (AvgIpc) is 2.97. The third-order valence-electron chi connectivity index (χ3n) is 4.91. The quantitative estimate of drug-likeness (QED) is 0.675. The van der Waals surface area contributed by atoms with Crippen molar-refractivity contribution in [2.24, 2.45) is 5.92 Å². The Kier molecular flexibility index (Phi) is 2.85. The molecule has 0 amide bonds. The molecular formula is C17H15N5O3. The number of aryl methyl sites for hydroxylation is 1. The summed E-state index contributed by atoms with van der Waals surface area (Å²) in [7, 11) is 1.32. The fourth-order valence-electron chi connectivity index (χ4n) is 3.65. The number of esters is 1. The van der Waals surface area contributed by atoms with Gasteiger partial charge >= 0.3 is 5.97 Å². The van der Waals surface area contributed by atoms with Gasteiger partial charge in [0.2, 0.25) is 5.89 Å². The van der Waals surface area contributed by atoms with Crippen LogP contribution in [-0.4, -0.2) is 37.8 Å². The van der Waals surface area contributed by atoms with Crippen molar-refractivity contribution in [2.75, 3.05) is 7.11 Å². The van der Waals surface area contributed by atoms with E-state index in [1.807, 2.05) is 4.68 Å². The third kappa shape index (κ3) is 2.03. The standard InChI is InChI=1S/C17H15N5O3/c1-8-13(17(23)24-2)20-16(25-8)14-11-6-9-5-10(9)15(11)22(21-14)12-7-18-3-4-19-12/h3-4,7,9-10H,5-6H2,1-2H3/t9-,10-/m0/s1. The van der Waals surface area contributed by atoms with E-state index >= 15 is 0 Å². The average molecular weight is 337 g/mol. The van der Waals surface area contributed by atoms with Crippen LogP contribution in [-0.2, 0) is 11.2 Å². The Morgan fingerprint density at radius 1 is 1.40 bits per heavy atom. The number of aromatic nitrogens is 5. The summed E-state index contributed by atoms with van der Waals surface area (Å²) in [6, 6.07) is 0. The highest BCUT2D eigenvalue weighted by atomic mass is 16.5. The first-order valence-electron chi connectivity index (χ1n) is 8.11. The van der Waals surface area contributed by atoms with Crippen molar-refractivity contribution in [1.29, 1.82) is 0 Å². The summed E-state index contributed by atoms with van der Waals surface area (Å²) in [5.41, 5.74) is 3.15. The molecule has 8 heteroatoms. The zero-order valence-electron chi connectivity index (χ0n) is 13.8. The molecule has 2 aliphatic rings. The number of hydrogen-bond donors (Lipinski definition) is 0. The fraction of sp³-hybridized carbons (Fsp3) is 0.353. The summed E-state index contributed by atoms with van der Waals surface area (Å²) in [6.07, 6.45) is 7.09. The van der Waals surface area contributed by atoms with Gasteiger partial charge in [0.25, 0.3) is 0 Å². The van der Waals surface area contributed by atoms with Gasteiger partial charge in [0.1, 0.15) is 5.76 Å². The number of carbonyl (C=O) groups is 1. The zero-order chi connectivity index (χ0) is 17.1. The van der Waals surface area contributed by atoms with E-state index in [9.17, 15) is 4.79 Å². The Labute approximate surface area is 142 Å². The first-order valence-corrected chi connectivity index (χ1v) is 8.11. The van der Waals surface area contributed by atoms with Gasteiger partial charge in [-0.1, -0.05) is 0 Å². The zero-order valence-corrected chi connectivity index (χ0v) is 13.8. The maximum absolute atomic E-state index is 11.8. The summed E-state index contributed by atoms with van der Waals surface area (Å²) in [5, 5.41) is 4.69. The van der Waals surface area contributed by atoms with Gasteiger partial charge in [0.15, 0.2) is 17.2 Å². The van der Waals surface area contributed by atoms with Crippen LogP contribution in [0.5, 0.6) is 0 Å². The molecule has 8 nitrogen and oxygen atoms in total. The smallest absolute Gasteiger partial charge is 0.360 e. The molecule has 0 spiro atoms. The third-order valence-corrected chi connectivity index (χ3v) is 4.91. The first-order chi connectivity index (χ1) is 12.2. The summed E-state index contributed by atoms with van der Waals surface area (Å²) in [6.45, 7) is 1.69. The van der Waals surface area contributed by atoms with Gasteiger partial charge in [-0.2, -0.15) is 5.10 Å². The van der Waals surface area contributed by atoms with E-state index in [0.717, 1.165) is 17.7 Å². The lowest BCUT2D eigenvalue weighted by Gasteiger charge is -2.03. The van der Waals surface area contributed by atoms with E-state index in [0.29, 0.717) is 35.0 Å². The van der Waals surface area contributed by atoms with E-state index in [2.05, 4.69) is 15.0 Å². The van der Waals surface area contributed by atoms with E-state index in [1.165, 1.54) is 13.5 Å². The molecule has 0 N–H and O–H groups in total. The molecule has 2 aliphatic carbocycles. The highest BCUT2D eigenvalue weighted by Gasteiger charge is 2.50. The van der Waals surface area contributed by atoms with Gasteiger partial charge < -0.3 is 9.15 Å². The first kappa shape index (κ1) is 14.3. The summed E-state index contributed by atoms with van der Waals surface area (Å²) in [4.78, 5) is 24.6. The van der Waals surface area contributed by atoms with E-state index < -0.39 is 5.97 Å². The number of oxazole rings is 1. The molecule has 25 heavy (non-hydrogen) atoms. The Morgan fingerprint density at radius 2 is 2.28 bits per heavy atom. The number of fused-ring (bicyclic) bond motifs is 3. The molecule has 126 valence electrons. The predicted octanol–water partition coefficient (Wildman–Crippen LogP) is 2.07. The number of rotatable bonds is 3. The Balaban J connectivity index is 1.67. The second-order valence-electron chi connectivity index (χ2n) is 6.41. The van der Waals surface area contributed by atoms with E-state index in [1.54, 1.807) is 25.5 Å². The summed E-state index contributed by atoms with van der Waals surface area (Å²) >= 11 is 0. The highest BCUT2D eigenvalue weighted by Crippen LogP contribution is 2.58. The molecule has 0 radical (unpaired) electrons. The van der Waals surface area contributed by atoms with Crippen LogP contribution in [0.3, 0.4) is 0 Å². The van der Waals surface area contributed by atoms with Gasteiger partial charge in [-0.05, 0) is 25.7 Å². The molecular weight excluding hydrogens is 322 g/mol. The van der Waals surface area contributed by atoms with E-state index in [4.69, 9.17) is 14.3 Å². The molecule has 0 saturated heterocycles. The molecule has 0 aromatic carbocycles. The van der Waals surface area contributed by atoms with Gasteiger partial charge in [-0.15, -0.1) is 0 Å². The van der Waals surface area contributed by atoms with Crippen molar-refractivity contribution in [3.63, 3.8) is 0 Å². The van der Waals surface area contributed by atoms with Crippen molar-refractivity contribution in [1.82, 2.24) is 24.7 Å². The SMILES string of the molecule is COC(=O)c1nc(-c2nn(-c3cnccn3)c3c2C[C@@H]2C[C@H]32)oc1C. The second-order valence-corrected chi connectivity index (χ2v) is 6.41. The fourth-order valence-corrected chi connectivity index (χ4v) is 3.65. The molecule has 1 saturated carbocycles. The minimum Gasteiger partial charge on any atom is -0.464 e. The van der Waals surface area contributed by atoms with Crippen LogP contribution >= 0.6 is 0 Å². The normalized spacial score (nSPS) is 20.2. The van der Waals surface area contributed by atoms with Crippen LogP contribution in [0.1, 0.15) is 39.8 Å². The van der Waals surface area contributed by atoms with Crippen LogP contribution in [0.4, 0.5) is 0 Å². The molecule has 2 atom stereocenters. The summed E-state index contributed by atoms with van der Waals surface area (Å²) < 4.78 is 12.3. The molecule has 3 heterocycles. The lowest BCUT2D eigenvalue weighted by Crippen LogP contribution is -2.04. The monoisotopic (exact) mass is 337 g/mol. The Bertz CT molecular complexity index is 991. The number of ether oxygens (including phenoxy) is 1. The number of hydrogen-bond acceptors (Lipinski definition) is 7. The highest BCUT2D eigenvalue weighted by molar-refractivity contribution is 5.88.